The Morgan fingerprint density at radius 3 is 2.61 bits per heavy atom. The fraction of sp³-hybridized carbons (Fsp3) is 0.611. The molecule has 0 aromatic heterocycles. The number of ether oxygens (including phenoxy) is 2. The lowest BCUT2D eigenvalue weighted by Gasteiger charge is -2.36. The molecule has 1 saturated carbocycles. The Labute approximate surface area is 138 Å². The van der Waals surface area contributed by atoms with Crippen LogP contribution in [0.5, 0.6) is 0 Å². The van der Waals surface area contributed by atoms with E-state index in [1.165, 1.54) is 0 Å². The van der Waals surface area contributed by atoms with Crippen LogP contribution in [0.15, 0.2) is 24.3 Å². The van der Waals surface area contributed by atoms with Crippen LogP contribution in [0.4, 0.5) is 10.5 Å². The first-order valence-electron chi connectivity index (χ1n) is 8.30. The fourth-order valence-corrected chi connectivity index (χ4v) is 2.57. The van der Waals surface area contributed by atoms with Crippen molar-refractivity contribution in [2.75, 3.05) is 11.9 Å². The number of amides is 1. The number of hydrogen-bond donors (Lipinski definition) is 2. The van der Waals surface area contributed by atoms with Gasteiger partial charge in [0.1, 0.15) is 5.60 Å². The van der Waals surface area contributed by atoms with Crippen LogP contribution >= 0.6 is 0 Å². The Kier molecular flexibility index (Phi) is 5.88. The van der Waals surface area contributed by atoms with Crippen LogP contribution in [-0.4, -0.2) is 30.4 Å². The molecule has 0 radical (unpaired) electrons. The Morgan fingerprint density at radius 1 is 1.26 bits per heavy atom. The minimum Gasteiger partial charge on any atom is -0.444 e. The molecule has 23 heavy (non-hydrogen) atoms. The SMILES string of the molecule is CCOC1CC(Nc2ccccc2CNC(=O)OC(C)(C)C)C1. The van der Waals surface area contributed by atoms with Gasteiger partial charge in [-0.05, 0) is 52.2 Å². The molecule has 1 amide bonds. The minimum atomic E-state index is -0.484. The molecule has 0 saturated heterocycles. The average molecular weight is 320 g/mol. The number of rotatable bonds is 6. The number of carbonyl (C=O) groups is 1. The van der Waals surface area contributed by atoms with E-state index < -0.39 is 11.7 Å². The molecule has 0 unspecified atom stereocenters. The molecule has 128 valence electrons. The molecular formula is C18H28N2O3. The quantitative estimate of drug-likeness (QED) is 0.839. The fourth-order valence-electron chi connectivity index (χ4n) is 2.57. The molecule has 0 spiro atoms. The van der Waals surface area contributed by atoms with Gasteiger partial charge in [-0.1, -0.05) is 18.2 Å². The zero-order chi connectivity index (χ0) is 16.9. The van der Waals surface area contributed by atoms with Crippen molar-refractivity contribution in [2.24, 2.45) is 0 Å². The first kappa shape index (κ1) is 17.6. The molecule has 5 nitrogen and oxygen atoms in total. The summed E-state index contributed by atoms with van der Waals surface area (Å²) in [6.45, 7) is 8.81. The van der Waals surface area contributed by atoms with Crippen molar-refractivity contribution in [1.82, 2.24) is 5.32 Å². The zero-order valence-electron chi connectivity index (χ0n) is 14.5. The van der Waals surface area contributed by atoms with E-state index in [9.17, 15) is 4.79 Å². The number of anilines is 1. The molecule has 1 aromatic carbocycles. The molecule has 1 aliphatic carbocycles. The Balaban J connectivity index is 1.85. The van der Waals surface area contributed by atoms with Crippen molar-refractivity contribution in [2.45, 2.75) is 64.8 Å². The molecule has 0 heterocycles. The molecule has 2 N–H and O–H groups in total. The highest BCUT2D eigenvalue weighted by molar-refractivity contribution is 5.68. The van der Waals surface area contributed by atoms with Gasteiger partial charge < -0.3 is 20.1 Å². The van der Waals surface area contributed by atoms with Crippen LogP contribution in [0.3, 0.4) is 0 Å². The van der Waals surface area contributed by atoms with Crippen LogP contribution in [0.25, 0.3) is 0 Å². The second-order valence-electron chi connectivity index (χ2n) is 6.90. The number of nitrogens with one attached hydrogen (secondary N) is 2. The lowest BCUT2D eigenvalue weighted by molar-refractivity contribution is 0.00298. The maximum Gasteiger partial charge on any atom is 0.407 e. The molecule has 2 rings (SSSR count). The number of para-hydroxylation sites is 1. The predicted octanol–water partition coefficient (Wildman–Crippen LogP) is 3.69. The van der Waals surface area contributed by atoms with Gasteiger partial charge >= 0.3 is 6.09 Å². The third kappa shape index (κ3) is 5.75. The molecule has 1 fully saturated rings. The van der Waals surface area contributed by atoms with Gasteiger partial charge in [-0.2, -0.15) is 0 Å². The summed E-state index contributed by atoms with van der Waals surface area (Å²) in [7, 11) is 0. The van der Waals surface area contributed by atoms with E-state index in [-0.39, 0.29) is 0 Å². The monoisotopic (exact) mass is 320 g/mol. The van der Waals surface area contributed by atoms with E-state index in [0.29, 0.717) is 18.7 Å². The predicted molar refractivity (Wildman–Crippen MR) is 91.6 cm³/mol. The summed E-state index contributed by atoms with van der Waals surface area (Å²) < 4.78 is 10.9. The van der Waals surface area contributed by atoms with Gasteiger partial charge in [0.2, 0.25) is 0 Å². The van der Waals surface area contributed by atoms with Gasteiger partial charge in [-0.15, -0.1) is 0 Å². The highest BCUT2D eigenvalue weighted by atomic mass is 16.6. The van der Waals surface area contributed by atoms with Gasteiger partial charge in [0.15, 0.2) is 0 Å². The van der Waals surface area contributed by atoms with E-state index in [1.807, 2.05) is 52.0 Å². The highest BCUT2D eigenvalue weighted by Gasteiger charge is 2.29. The topological polar surface area (TPSA) is 59.6 Å². The third-order valence-corrected chi connectivity index (χ3v) is 3.70. The maximum absolute atomic E-state index is 11.8. The summed E-state index contributed by atoms with van der Waals surface area (Å²) in [5.74, 6) is 0. The molecule has 0 bridgehead atoms. The van der Waals surface area contributed by atoms with E-state index in [0.717, 1.165) is 30.7 Å². The van der Waals surface area contributed by atoms with Crippen molar-refractivity contribution < 1.29 is 14.3 Å². The van der Waals surface area contributed by atoms with Gasteiger partial charge in [-0.3, -0.25) is 0 Å². The first-order chi connectivity index (χ1) is 10.9. The largest absolute Gasteiger partial charge is 0.444 e. The molecule has 5 heteroatoms. The average Bonchev–Trinajstić information content (AvgIpc) is 2.42. The van der Waals surface area contributed by atoms with Gasteiger partial charge in [0, 0.05) is 24.9 Å². The molecular weight excluding hydrogens is 292 g/mol. The Bertz CT molecular complexity index is 519. The standard InChI is InChI=1S/C18H28N2O3/c1-5-22-15-10-14(11-15)20-16-9-7-6-8-13(16)12-19-17(21)23-18(2,3)4/h6-9,14-15,20H,5,10-12H2,1-4H3,(H,19,21). The minimum absolute atomic E-state index is 0.379. The van der Waals surface area contributed by atoms with Gasteiger partial charge in [-0.25, -0.2) is 4.79 Å². The van der Waals surface area contributed by atoms with Crippen molar-refractivity contribution in [3.8, 4) is 0 Å². The van der Waals surface area contributed by atoms with Crippen LogP contribution in [-0.2, 0) is 16.0 Å². The Morgan fingerprint density at radius 2 is 1.96 bits per heavy atom. The van der Waals surface area contributed by atoms with E-state index in [1.54, 1.807) is 0 Å². The maximum atomic E-state index is 11.8. The summed E-state index contributed by atoms with van der Waals surface area (Å²) >= 11 is 0. The van der Waals surface area contributed by atoms with E-state index in [2.05, 4.69) is 10.6 Å². The third-order valence-electron chi connectivity index (χ3n) is 3.70. The molecule has 0 atom stereocenters. The summed E-state index contributed by atoms with van der Waals surface area (Å²) in [5, 5.41) is 6.34. The van der Waals surface area contributed by atoms with Gasteiger partial charge in [0.05, 0.1) is 6.10 Å². The van der Waals surface area contributed by atoms with Gasteiger partial charge in [0.25, 0.3) is 0 Å². The van der Waals surface area contributed by atoms with Crippen LogP contribution in [0, 0.1) is 0 Å². The lowest BCUT2D eigenvalue weighted by atomic mass is 9.89. The number of hydrogen-bond acceptors (Lipinski definition) is 4. The number of alkyl carbamates (subject to hydrolysis) is 1. The first-order valence-corrected chi connectivity index (χ1v) is 8.30. The van der Waals surface area contributed by atoms with Crippen LogP contribution in [0.2, 0.25) is 0 Å². The van der Waals surface area contributed by atoms with Crippen LogP contribution < -0.4 is 10.6 Å². The molecule has 0 aliphatic heterocycles. The Hall–Kier alpha value is -1.75. The van der Waals surface area contributed by atoms with Crippen LogP contribution in [0.1, 0.15) is 46.1 Å². The summed E-state index contributed by atoms with van der Waals surface area (Å²) in [6, 6.07) is 8.46. The smallest absolute Gasteiger partial charge is 0.407 e. The number of carbonyl (C=O) groups excluding carboxylic acids is 1. The second-order valence-corrected chi connectivity index (χ2v) is 6.90. The summed E-state index contributed by atoms with van der Waals surface area (Å²) in [5.41, 5.74) is 1.63. The summed E-state index contributed by atoms with van der Waals surface area (Å²) in [4.78, 5) is 11.8. The van der Waals surface area contributed by atoms with Crippen molar-refractivity contribution in [3.05, 3.63) is 29.8 Å². The van der Waals surface area contributed by atoms with E-state index in [4.69, 9.17) is 9.47 Å². The molecule has 1 aliphatic rings. The second kappa shape index (κ2) is 7.68. The zero-order valence-corrected chi connectivity index (χ0v) is 14.5. The van der Waals surface area contributed by atoms with Crippen molar-refractivity contribution in [3.63, 3.8) is 0 Å². The van der Waals surface area contributed by atoms with E-state index >= 15 is 0 Å². The van der Waals surface area contributed by atoms with Crippen molar-refractivity contribution in [1.29, 1.82) is 0 Å². The lowest BCUT2D eigenvalue weighted by Crippen LogP contribution is -2.41. The van der Waals surface area contributed by atoms with Crippen molar-refractivity contribution >= 4 is 11.8 Å². The highest BCUT2D eigenvalue weighted by Crippen LogP contribution is 2.28. The molecule has 1 aromatic rings. The number of benzene rings is 1. The normalized spacial score (nSPS) is 20.5. The summed E-state index contributed by atoms with van der Waals surface area (Å²) in [6.07, 6.45) is 2.04.